The van der Waals surface area contributed by atoms with Crippen LogP contribution >= 0.6 is 0 Å². The molecular weight excluding hydrogens is 218 g/mol. The van der Waals surface area contributed by atoms with Gasteiger partial charge in [-0.1, -0.05) is 0 Å². The van der Waals surface area contributed by atoms with Crippen LogP contribution in [-0.4, -0.2) is 44.8 Å². The number of aromatic amines is 1. The summed E-state index contributed by atoms with van der Waals surface area (Å²) in [5, 5.41) is 16.2. The van der Waals surface area contributed by atoms with Gasteiger partial charge in [0.1, 0.15) is 5.69 Å². The lowest BCUT2D eigenvalue weighted by atomic mass is 10.1. The number of hydrogen-bond donors (Lipinski definition) is 2. The molecule has 0 bridgehead atoms. The summed E-state index contributed by atoms with van der Waals surface area (Å²) in [6.45, 7) is 4.41. The van der Waals surface area contributed by atoms with E-state index in [1.807, 2.05) is 11.8 Å². The summed E-state index contributed by atoms with van der Waals surface area (Å²) >= 11 is 0. The highest BCUT2D eigenvalue weighted by molar-refractivity contribution is 5.92. The van der Waals surface area contributed by atoms with E-state index in [4.69, 9.17) is 0 Å². The van der Waals surface area contributed by atoms with Crippen LogP contribution < -0.4 is 0 Å². The van der Waals surface area contributed by atoms with Crippen LogP contribution in [-0.2, 0) is 0 Å². The van der Waals surface area contributed by atoms with Gasteiger partial charge < -0.3 is 10.0 Å². The van der Waals surface area contributed by atoms with E-state index in [-0.39, 0.29) is 18.1 Å². The standard InChI is InChI=1S/C12H19N3O2/c1-8-6-11(14-13-8)12(17)15-5-3-4-10(15)7-9(2)16/h6,9-10,16H,3-5,7H2,1-2H3,(H,13,14). The maximum absolute atomic E-state index is 12.2. The van der Waals surface area contributed by atoms with Crippen molar-refractivity contribution in [2.24, 2.45) is 0 Å². The first-order valence-electron chi connectivity index (χ1n) is 6.09. The van der Waals surface area contributed by atoms with Crippen LogP contribution in [0.15, 0.2) is 6.07 Å². The molecule has 2 unspecified atom stereocenters. The second kappa shape index (κ2) is 4.87. The van der Waals surface area contributed by atoms with E-state index in [0.29, 0.717) is 12.1 Å². The summed E-state index contributed by atoms with van der Waals surface area (Å²) < 4.78 is 0. The quantitative estimate of drug-likeness (QED) is 0.827. The van der Waals surface area contributed by atoms with Gasteiger partial charge in [0.2, 0.25) is 0 Å². The van der Waals surface area contributed by atoms with E-state index in [1.165, 1.54) is 0 Å². The highest BCUT2D eigenvalue weighted by atomic mass is 16.3. The smallest absolute Gasteiger partial charge is 0.274 e. The van der Waals surface area contributed by atoms with Crippen molar-refractivity contribution in [1.29, 1.82) is 0 Å². The van der Waals surface area contributed by atoms with Crippen LogP contribution in [0.3, 0.4) is 0 Å². The third kappa shape index (κ3) is 2.66. The van der Waals surface area contributed by atoms with Crippen molar-refractivity contribution in [2.45, 2.75) is 45.3 Å². The van der Waals surface area contributed by atoms with Crippen LogP contribution in [0, 0.1) is 6.92 Å². The van der Waals surface area contributed by atoms with E-state index in [9.17, 15) is 9.90 Å². The van der Waals surface area contributed by atoms with Crippen molar-refractivity contribution in [2.75, 3.05) is 6.54 Å². The number of likely N-dealkylation sites (tertiary alicyclic amines) is 1. The van der Waals surface area contributed by atoms with Crippen molar-refractivity contribution in [3.05, 3.63) is 17.5 Å². The highest BCUT2D eigenvalue weighted by Gasteiger charge is 2.31. The molecule has 5 heteroatoms. The van der Waals surface area contributed by atoms with Gasteiger partial charge in [-0.2, -0.15) is 5.10 Å². The summed E-state index contributed by atoms with van der Waals surface area (Å²) in [6, 6.07) is 1.92. The minimum absolute atomic E-state index is 0.0301. The van der Waals surface area contributed by atoms with E-state index in [1.54, 1.807) is 13.0 Å². The predicted octanol–water partition coefficient (Wildman–Crippen LogP) is 1.09. The minimum Gasteiger partial charge on any atom is -0.393 e. The molecule has 94 valence electrons. The predicted molar refractivity (Wildman–Crippen MR) is 63.7 cm³/mol. The minimum atomic E-state index is -0.366. The number of nitrogens with one attached hydrogen (secondary N) is 1. The number of carbonyl (C=O) groups excluding carboxylic acids is 1. The van der Waals surface area contributed by atoms with Gasteiger partial charge in [-0.05, 0) is 39.2 Å². The van der Waals surface area contributed by atoms with E-state index < -0.39 is 0 Å². The molecular formula is C12H19N3O2. The zero-order valence-corrected chi connectivity index (χ0v) is 10.3. The van der Waals surface area contributed by atoms with E-state index in [0.717, 1.165) is 25.1 Å². The Morgan fingerprint density at radius 2 is 2.53 bits per heavy atom. The fourth-order valence-corrected chi connectivity index (χ4v) is 2.42. The summed E-state index contributed by atoms with van der Waals surface area (Å²) in [6.07, 6.45) is 2.26. The second-order valence-corrected chi connectivity index (χ2v) is 4.82. The van der Waals surface area contributed by atoms with Crippen molar-refractivity contribution in [3.63, 3.8) is 0 Å². The lowest BCUT2D eigenvalue weighted by Gasteiger charge is -2.24. The monoisotopic (exact) mass is 237 g/mol. The van der Waals surface area contributed by atoms with Gasteiger partial charge in [-0.15, -0.1) is 0 Å². The number of carbonyl (C=O) groups is 1. The number of hydrogen-bond acceptors (Lipinski definition) is 3. The number of aliphatic hydroxyl groups is 1. The molecule has 0 saturated carbocycles. The average molecular weight is 237 g/mol. The molecule has 1 aromatic heterocycles. The van der Waals surface area contributed by atoms with Gasteiger partial charge in [0.05, 0.1) is 6.10 Å². The van der Waals surface area contributed by atoms with Gasteiger partial charge in [-0.3, -0.25) is 9.89 Å². The molecule has 1 aromatic rings. The van der Waals surface area contributed by atoms with Crippen molar-refractivity contribution < 1.29 is 9.90 Å². The van der Waals surface area contributed by atoms with Gasteiger partial charge in [0.15, 0.2) is 0 Å². The number of H-pyrrole nitrogens is 1. The molecule has 0 aromatic carbocycles. The normalized spacial score (nSPS) is 21.8. The van der Waals surface area contributed by atoms with E-state index >= 15 is 0 Å². The molecule has 1 amide bonds. The maximum Gasteiger partial charge on any atom is 0.274 e. The van der Waals surface area contributed by atoms with Crippen LogP contribution in [0.1, 0.15) is 42.4 Å². The first kappa shape index (κ1) is 12.1. The van der Waals surface area contributed by atoms with Crippen LogP contribution in [0.5, 0.6) is 0 Å². The Labute approximate surface area is 101 Å². The summed E-state index contributed by atoms with van der Waals surface area (Å²) in [5.74, 6) is -0.0301. The molecule has 5 nitrogen and oxygen atoms in total. The zero-order valence-electron chi connectivity index (χ0n) is 10.3. The number of aryl methyl sites for hydroxylation is 1. The molecule has 1 aliphatic heterocycles. The van der Waals surface area contributed by atoms with Crippen LogP contribution in [0.2, 0.25) is 0 Å². The largest absolute Gasteiger partial charge is 0.393 e. The molecule has 1 fully saturated rings. The van der Waals surface area contributed by atoms with Crippen LogP contribution in [0.25, 0.3) is 0 Å². The Hall–Kier alpha value is -1.36. The molecule has 1 saturated heterocycles. The molecule has 2 rings (SSSR count). The Bertz CT molecular complexity index is 400. The SMILES string of the molecule is Cc1cc(C(=O)N2CCCC2CC(C)O)n[nH]1. The van der Waals surface area contributed by atoms with Gasteiger partial charge in [0.25, 0.3) is 5.91 Å². The molecule has 0 radical (unpaired) electrons. The Morgan fingerprint density at radius 3 is 3.12 bits per heavy atom. The Morgan fingerprint density at radius 1 is 1.76 bits per heavy atom. The molecule has 2 atom stereocenters. The van der Waals surface area contributed by atoms with Gasteiger partial charge in [-0.25, -0.2) is 0 Å². The molecule has 1 aliphatic rings. The fourth-order valence-electron chi connectivity index (χ4n) is 2.42. The first-order chi connectivity index (χ1) is 8.08. The molecule has 17 heavy (non-hydrogen) atoms. The average Bonchev–Trinajstić information content (AvgIpc) is 2.85. The molecule has 2 N–H and O–H groups in total. The van der Waals surface area contributed by atoms with Gasteiger partial charge >= 0.3 is 0 Å². The van der Waals surface area contributed by atoms with Gasteiger partial charge in [0, 0.05) is 18.3 Å². The summed E-state index contributed by atoms with van der Waals surface area (Å²) in [4.78, 5) is 14.0. The molecule has 2 heterocycles. The second-order valence-electron chi connectivity index (χ2n) is 4.82. The third-order valence-corrected chi connectivity index (χ3v) is 3.18. The molecule has 0 spiro atoms. The third-order valence-electron chi connectivity index (χ3n) is 3.18. The zero-order chi connectivity index (χ0) is 12.4. The number of aliphatic hydroxyl groups excluding tert-OH is 1. The Balaban J connectivity index is 2.08. The topological polar surface area (TPSA) is 69.2 Å². The number of rotatable bonds is 3. The highest BCUT2D eigenvalue weighted by Crippen LogP contribution is 2.23. The lowest BCUT2D eigenvalue weighted by molar-refractivity contribution is 0.0676. The summed E-state index contributed by atoms with van der Waals surface area (Å²) in [7, 11) is 0. The van der Waals surface area contributed by atoms with E-state index in [2.05, 4.69) is 10.2 Å². The number of nitrogens with zero attached hydrogens (tertiary/aromatic N) is 2. The molecule has 0 aliphatic carbocycles. The number of aromatic nitrogens is 2. The van der Waals surface area contributed by atoms with Crippen molar-refractivity contribution in [3.8, 4) is 0 Å². The summed E-state index contributed by atoms with van der Waals surface area (Å²) in [5.41, 5.74) is 1.36. The van der Waals surface area contributed by atoms with Crippen molar-refractivity contribution in [1.82, 2.24) is 15.1 Å². The Kier molecular flexibility index (Phi) is 3.47. The maximum atomic E-state index is 12.2. The van der Waals surface area contributed by atoms with Crippen molar-refractivity contribution >= 4 is 5.91 Å². The van der Waals surface area contributed by atoms with Crippen LogP contribution in [0.4, 0.5) is 0 Å². The lowest BCUT2D eigenvalue weighted by Crippen LogP contribution is -2.37. The number of amides is 1. The fraction of sp³-hybridized carbons (Fsp3) is 0.667. The first-order valence-corrected chi connectivity index (χ1v) is 6.09.